The van der Waals surface area contributed by atoms with Gasteiger partial charge in [-0.3, -0.25) is 9.59 Å². The van der Waals surface area contributed by atoms with E-state index in [1.165, 1.54) is 103 Å². The topological polar surface area (TPSA) is 40.6 Å². The Balaban J connectivity index is 1.64. The van der Waals surface area contributed by atoms with Crippen molar-refractivity contribution in [2.75, 3.05) is 13.1 Å². The number of thiophene rings is 2. The van der Waals surface area contributed by atoms with Crippen molar-refractivity contribution in [2.24, 2.45) is 11.8 Å². The number of halogens is 2. The summed E-state index contributed by atoms with van der Waals surface area (Å²) >= 11 is 10.6. The normalized spacial score (nSPS) is 16.1. The van der Waals surface area contributed by atoms with Gasteiger partial charge in [0.1, 0.15) is 0 Å². The van der Waals surface area contributed by atoms with Gasteiger partial charge < -0.3 is 9.80 Å². The van der Waals surface area contributed by atoms with Crippen LogP contribution in [-0.4, -0.2) is 34.7 Å². The summed E-state index contributed by atoms with van der Waals surface area (Å²) in [6, 6.07) is 8.25. The van der Waals surface area contributed by atoms with Crippen LogP contribution < -0.4 is 0 Å². The fourth-order valence-corrected chi connectivity index (χ4v) is 10.4. The van der Waals surface area contributed by atoms with Gasteiger partial charge in [0.2, 0.25) is 0 Å². The Labute approximate surface area is 322 Å². The van der Waals surface area contributed by atoms with Crippen molar-refractivity contribution in [3.63, 3.8) is 0 Å². The molecule has 2 aromatic heterocycles. The van der Waals surface area contributed by atoms with E-state index >= 15 is 0 Å². The number of nitrogens with zero attached hydrogens (tertiary/aromatic N) is 2. The molecule has 0 bridgehead atoms. The molecular weight excluding hydrogens is 776 g/mol. The molecule has 0 spiro atoms. The molecule has 4 heterocycles. The zero-order chi connectivity index (χ0) is 35.2. The Morgan fingerprint density at radius 2 is 0.939 bits per heavy atom. The Hall–Kier alpha value is -1.22. The highest BCUT2D eigenvalue weighted by molar-refractivity contribution is 9.11. The van der Waals surface area contributed by atoms with Crippen molar-refractivity contribution < 1.29 is 9.59 Å². The van der Waals surface area contributed by atoms with Crippen LogP contribution in [0.1, 0.15) is 159 Å². The van der Waals surface area contributed by atoms with Crippen LogP contribution in [0.25, 0.3) is 11.4 Å². The lowest BCUT2D eigenvalue weighted by Gasteiger charge is -2.29. The van der Waals surface area contributed by atoms with Crippen molar-refractivity contribution in [1.82, 2.24) is 9.80 Å². The molecule has 0 saturated heterocycles. The van der Waals surface area contributed by atoms with Crippen molar-refractivity contribution in [1.29, 1.82) is 0 Å². The van der Waals surface area contributed by atoms with E-state index in [1.54, 1.807) is 22.7 Å². The molecule has 0 aromatic carbocycles. The van der Waals surface area contributed by atoms with E-state index in [0.717, 1.165) is 48.0 Å². The molecule has 2 amide bonds. The molecule has 2 aliphatic rings. The summed E-state index contributed by atoms with van der Waals surface area (Å²) in [5.74, 6) is 0.780. The first kappa shape index (κ1) is 40.5. The number of hydrogen-bond donors (Lipinski definition) is 0. The number of carbonyl (C=O) groups excluding carboxylic acids is 2. The molecule has 49 heavy (non-hydrogen) atoms. The fourth-order valence-electron chi connectivity index (χ4n) is 7.47. The molecule has 2 aliphatic heterocycles. The maximum atomic E-state index is 14.8. The maximum Gasteiger partial charge on any atom is 0.261 e. The second-order valence-corrected chi connectivity index (χ2v) is 19.3. The number of hydrogen-bond acceptors (Lipinski definition) is 4. The minimum Gasteiger partial charge on any atom is -0.306 e. The summed E-state index contributed by atoms with van der Waals surface area (Å²) in [4.78, 5) is 35.5. The average Bonchev–Trinajstić information content (AvgIpc) is 3.84. The third-order valence-corrected chi connectivity index (χ3v) is 13.5. The van der Waals surface area contributed by atoms with E-state index in [4.69, 9.17) is 0 Å². The lowest BCUT2D eigenvalue weighted by molar-refractivity contribution is -0.124. The minimum absolute atomic E-state index is 0.00453. The number of rotatable bonds is 25. The van der Waals surface area contributed by atoms with Crippen LogP contribution in [0.3, 0.4) is 0 Å². The van der Waals surface area contributed by atoms with E-state index in [2.05, 4.69) is 71.7 Å². The second kappa shape index (κ2) is 21.3. The van der Waals surface area contributed by atoms with Crippen molar-refractivity contribution in [3.05, 3.63) is 52.7 Å². The number of fused-ring (bicyclic) bond motifs is 1. The van der Waals surface area contributed by atoms with Gasteiger partial charge in [-0.25, -0.2) is 0 Å². The van der Waals surface area contributed by atoms with Crippen LogP contribution >= 0.6 is 54.5 Å². The van der Waals surface area contributed by atoms with Gasteiger partial charge in [0.25, 0.3) is 11.8 Å². The first-order chi connectivity index (χ1) is 23.8. The second-order valence-electron chi connectivity index (χ2n) is 14.4. The first-order valence-electron chi connectivity index (χ1n) is 19.4. The van der Waals surface area contributed by atoms with Gasteiger partial charge in [0.05, 0.1) is 39.9 Å². The van der Waals surface area contributed by atoms with Crippen LogP contribution in [0.2, 0.25) is 0 Å². The van der Waals surface area contributed by atoms with Gasteiger partial charge in [0, 0.05) is 13.1 Å². The molecule has 0 saturated carbocycles. The summed E-state index contributed by atoms with van der Waals surface area (Å²) in [7, 11) is 0. The summed E-state index contributed by atoms with van der Waals surface area (Å²) in [6.07, 6.45) is 23.6. The van der Waals surface area contributed by atoms with E-state index in [9.17, 15) is 9.59 Å². The largest absolute Gasteiger partial charge is 0.306 e. The highest BCUT2D eigenvalue weighted by atomic mass is 79.9. The van der Waals surface area contributed by atoms with Gasteiger partial charge in [0.15, 0.2) is 0 Å². The van der Waals surface area contributed by atoms with Gasteiger partial charge >= 0.3 is 0 Å². The Bertz CT molecular complexity index is 1410. The van der Waals surface area contributed by atoms with Gasteiger partial charge in [-0.05, 0) is 87.2 Å². The van der Waals surface area contributed by atoms with Crippen molar-refractivity contribution in [3.8, 4) is 0 Å². The Kier molecular flexibility index (Phi) is 17.7. The average molecular weight is 837 g/mol. The molecule has 2 unspecified atom stereocenters. The highest BCUT2D eigenvalue weighted by Crippen LogP contribution is 2.50. The number of unbranched alkanes of at least 4 members (excludes halogenated alkanes) is 13. The molecule has 0 fully saturated rings. The van der Waals surface area contributed by atoms with Crippen LogP contribution in [-0.2, 0) is 9.59 Å². The number of carbonyl (C=O) groups is 2. The monoisotopic (exact) mass is 834 g/mol. The standard InChI is InChI=1S/C41H60Br2N2O2S2/c1-5-8-11-14-16-18-21-30(4)28-44-38(32-24-26-34(42)48-32)36-37(40(44)46)39(33-25-27-35(43)49-33)45(41(36)47)29-31(22-19-13-10-7-3)23-20-17-15-12-9-6-2/h24-27,30-31H,5-23,28-29H2,1-4H3. The molecule has 272 valence electrons. The highest BCUT2D eigenvalue weighted by Gasteiger charge is 2.49. The maximum absolute atomic E-state index is 14.8. The molecular formula is C41H60Br2N2O2S2. The van der Waals surface area contributed by atoms with Crippen LogP contribution in [0.15, 0.2) is 43.0 Å². The quantitative estimate of drug-likeness (QED) is 0.0935. The summed E-state index contributed by atoms with van der Waals surface area (Å²) in [6.45, 7) is 10.4. The van der Waals surface area contributed by atoms with E-state index < -0.39 is 0 Å². The van der Waals surface area contributed by atoms with Gasteiger partial charge in [-0.2, -0.15) is 0 Å². The fraction of sp³-hybridized carbons (Fsp3) is 0.659. The van der Waals surface area contributed by atoms with Crippen LogP contribution in [0, 0.1) is 11.8 Å². The Morgan fingerprint density at radius 3 is 1.37 bits per heavy atom. The van der Waals surface area contributed by atoms with Crippen molar-refractivity contribution >= 4 is 77.7 Å². The molecule has 0 N–H and O–H groups in total. The summed E-state index contributed by atoms with van der Waals surface area (Å²) < 4.78 is 2.03. The third kappa shape index (κ3) is 11.4. The molecule has 8 heteroatoms. The van der Waals surface area contributed by atoms with E-state index in [0.29, 0.717) is 36.1 Å². The Morgan fingerprint density at radius 1 is 0.551 bits per heavy atom. The molecule has 2 atom stereocenters. The predicted molar refractivity (Wildman–Crippen MR) is 219 cm³/mol. The third-order valence-electron chi connectivity index (χ3n) is 10.2. The SMILES string of the molecule is CCCCCCCCC(C)CN1C(=O)C2=C(c3ccc(Br)s3)N(CC(CCCCCC)CCCCCCCC)C(=O)C2=C1c1ccc(Br)s1. The lowest BCUT2D eigenvalue weighted by atomic mass is 9.93. The van der Waals surface area contributed by atoms with Crippen LogP contribution in [0.5, 0.6) is 0 Å². The molecule has 0 radical (unpaired) electrons. The van der Waals surface area contributed by atoms with Crippen molar-refractivity contribution in [2.45, 2.75) is 150 Å². The minimum atomic E-state index is -0.00453. The molecule has 4 nitrogen and oxygen atoms in total. The zero-order valence-corrected chi connectivity index (χ0v) is 35.4. The number of amides is 2. The first-order valence-corrected chi connectivity index (χ1v) is 22.7. The molecule has 4 rings (SSSR count). The van der Waals surface area contributed by atoms with Gasteiger partial charge in [-0.1, -0.05) is 130 Å². The lowest BCUT2D eigenvalue weighted by Crippen LogP contribution is -2.34. The molecule has 2 aromatic rings. The zero-order valence-electron chi connectivity index (χ0n) is 30.6. The van der Waals surface area contributed by atoms with Gasteiger partial charge in [-0.15, -0.1) is 22.7 Å². The molecule has 0 aliphatic carbocycles. The summed E-state index contributed by atoms with van der Waals surface area (Å²) in [5, 5.41) is 0. The smallest absolute Gasteiger partial charge is 0.261 e. The van der Waals surface area contributed by atoms with E-state index in [1.807, 2.05) is 21.9 Å². The predicted octanol–water partition coefficient (Wildman–Crippen LogP) is 13.9. The summed E-state index contributed by atoms with van der Waals surface area (Å²) in [5.41, 5.74) is 2.90. The van der Waals surface area contributed by atoms with Crippen LogP contribution in [0.4, 0.5) is 0 Å². The van der Waals surface area contributed by atoms with E-state index in [-0.39, 0.29) is 11.8 Å².